The lowest BCUT2D eigenvalue weighted by molar-refractivity contribution is 0.332. The van der Waals surface area contributed by atoms with Crippen LogP contribution >= 0.6 is 0 Å². The number of nitrogens with zero attached hydrogens (tertiary/aromatic N) is 2. The van der Waals surface area contributed by atoms with Gasteiger partial charge in [0.1, 0.15) is 33.6 Å². The fourth-order valence-electron chi connectivity index (χ4n) is 13.5. The number of hydrogen-bond donors (Lipinski definition) is 0. The van der Waals surface area contributed by atoms with Gasteiger partial charge in [0, 0.05) is 66.8 Å². The second kappa shape index (κ2) is 17.8. The summed E-state index contributed by atoms with van der Waals surface area (Å²) >= 11 is 0. The van der Waals surface area contributed by atoms with E-state index in [1.54, 1.807) is 0 Å². The Kier molecular flexibility index (Phi) is 11.0. The first kappa shape index (κ1) is 47.0. The third-order valence-electron chi connectivity index (χ3n) is 17.8. The zero-order valence-corrected chi connectivity index (χ0v) is 45.3. The fourth-order valence-corrected chi connectivity index (χ4v) is 13.5. The summed E-state index contributed by atoms with van der Waals surface area (Å²) in [6.07, 6.45) is 12.2. The van der Waals surface area contributed by atoms with Crippen molar-refractivity contribution in [1.29, 1.82) is 0 Å². The molecule has 0 spiro atoms. The standard InChI is InChI=1S/C70H67BN2O3/c1-8-11-19-43-26-30-47(31-27-43)73-58-42-63-50(51-39-55-56(41-62(51)74-63)70(6,7)35-34-69(55,4)5)38-53(58)64-65-59(40-52-48-24-17-18-25-60(48)75-67(52)64)72(57-32-28-44(20-12-9-2)36-49(57)46-22-15-14-16-23-46)66-54-37-45(21-13-10-3)29-33-61(54)76-68(66)71(65)73/h14-18,22-33,36-42H,8-13,19-21,34-35H2,1-7H3. The van der Waals surface area contributed by atoms with Crippen LogP contribution in [-0.4, -0.2) is 6.85 Å². The van der Waals surface area contributed by atoms with Crippen molar-refractivity contribution in [3.8, 4) is 22.3 Å². The number of aryl methyl sites for hydroxylation is 3. The smallest absolute Gasteiger partial charge is 0.376 e. The molecule has 1 aliphatic carbocycles. The molecule has 0 fully saturated rings. The lowest BCUT2D eigenvalue weighted by Crippen LogP contribution is -2.61. The van der Waals surface area contributed by atoms with Gasteiger partial charge in [-0.2, -0.15) is 0 Å². The number of para-hydroxylation sites is 1. The Morgan fingerprint density at radius 2 is 1.11 bits per heavy atom. The number of benzene rings is 8. The van der Waals surface area contributed by atoms with Crippen LogP contribution in [0.1, 0.15) is 128 Å². The molecule has 8 aromatic carbocycles. The number of fused-ring (bicyclic) bond motifs is 14. The van der Waals surface area contributed by atoms with Gasteiger partial charge < -0.3 is 23.0 Å². The van der Waals surface area contributed by atoms with Crippen LogP contribution in [0.2, 0.25) is 0 Å². The van der Waals surface area contributed by atoms with Crippen molar-refractivity contribution in [1.82, 2.24) is 0 Å². The van der Waals surface area contributed by atoms with Gasteiger partial charge in [-0.25, -0.2) is 0 Å². The Labute approximate surface area is 447 Å². The van der Waals surface area contributed by atoms with Gasteiger partial charge in [0.15, 0.2) is 0 Å². The summed E-state index contributed by atoms with van der Waals surface area (Å²) in [5.41, 5.74) is 23.7. The van der Waals surface area contributed by atoms with Gasteiger partial charge in [-0.3, -0.25) is 0 Å². The Morgan fingerprint density at radius 3 is 1.86 bits per heavy atom. The zero-order valence-electron chi connectivity index (χ0n) is 45.3. The first-order chi connectivity index (χ1) is 37.0. The number of furan rings is 3. The van der Waals surface area contributed by atoms with Gasteiger partial charge in [-0.15, -0.1) is 0 Å². The maximum Gasteiger partial charge on any atom is 0.376 e. The van der Waals surface area contributed by atoms with Crippen LogP contribution in [0.25, 0.3) is 77.1 Å². The third-order valence-corrected chi connectivity index (χ3v) is 17.8. The van der Waals surface area contributed by atoms with Crippen LogP contribution in [-0.2, 0) is 30.1 Å². The summed E-state index contributed by atoms with van der Waals surface area (Å²) < 4.78 is 22.0. The van der Waals surface area contributed by atoms with Gasteiger partial charge in [-0.1, -0.05) is 141 Å². The van der Waals surface area contributed by atoms with Gasteiger partial charge in [-0.05, 0) is 168 Å². The van der Waals surface area contributed by atoms with Gasteiger partial charge in [0.25, 0.3) is 0 Å². The van der Waals surface area contributed by atoms with Crippen molar-refractivity contribution in [2.75, 3.05) is 9.71 Å². The van der Waals surface area contributed by atoms with Crippen molar-refractivity contribution in [3.05, 3.63) is 173 Å². The summed E-state index contributed by atoms with van der Waals surface area (Å²) in [6, 6.07) is 55.3. The highest BCUT2D eigenvalue weighted by atomic mass is 16.3. The molecular weight excluding hydrogens is 928 g/mol. The molecule has 3 aromatic heterocycles. The van der Waals surface area contributed by atoms with Crippen LogP contribution in [0, 0.1) is 0 Å². The van der Waals surface area contributed by atoms with E-state index in [1.807, 2.05) is 0 Å². The Balaban J connectivity index is 1.14. The lowest BCUT2D eigenvalue weighted by atomic mass is 9.45. The fraction of sp³-hybridized carbons (Fsp3) is 0.286. The highest BCUT2D eigenvalue weighted by molar-refractivity contribution is 6.93. The molecule has 5 nitrogen and oxygen atoms in total. The van der Waals surface area contributed by atoms with Gasteiger partial charge in [0.05, 0.1) is 11.4 Å². The normalized spacial score (nSPS) is 15.3. The van der Waals surface area contributed by atoms with Crippen LogP contribution in [0.5, 0.6) is 0 Å². The molecule has 0 N–H and O–H groups in total. The molecular formula is C70H67BN2O3. The number of anilines is 5. The summed E-state index contributed by atoms with van der Waals surface area (Å²) in [7, 11) is 0. The highest BCUT2D eigenvalue weighted by Gasteiger charge is 2.50. The average molecular weight is 995 g/mol. The van der Waals surface area contributed by atoms with E-state index in [4.69, 9.17) is 13.3 Å². The summed E-state index contributed by atoms with van der Waals surface area (Å²) in [5, 5.41) is 5.62. The molecule has 0 unspecified atom stereocenters. The molecule has 11 aromatic rings. The third kappa shape index (κ3) is 7.26. The molecule has 76 heavy (non-hydrogen) atoms. The second-order valence-corrected chi connectivity index (χ2v) is 23.7. The van der Waals surface area contributed by atoms with Crippen molar-refractivity contribution in [2.45, 2.75) is 130 Å². The van der Waals surface area contributed by atoms with Crippen LogP contribution in [0.4, 0.5) is 28.4 Å². The van der Waals surface area contributed by atoms with E-state index in [2.05, 4.69) is 204 Å². The van der Waals surface area contributed by atoms with E-state index < -0.39 is 0 Å². The van der Waals surface area contributed by atoms with Crippen molar-refractivity contribution in [2.24, 2.45) is 0 Å². The SMILES string of the molecule is CCCCc1ccc(N2B3c4oc5ccc(CCCC)cc5c4N(c4ccc(CCCC)cc4-c4ccccc4)c4cc5c(oc6ccccc65)c(c43)-c3cc4c(cc32)oc2cc3c(cc24)C(C)(C)CCC3(C)C)cc1. The minimum Gasteiger partial charge on any atom is -0.466 e. The van der Waals surface area contributed by atoms with E-state index in [0.717, 1.165) is 171 Å². The molecule has 0 amide bonds. The number of rotatable bonds is 12. The molecule has 2 aliphatic heterocycles. The van der Waals surface area contributed by atoms with Crippen molar-refractivity contribution < 1.29 is 13.3 Å². The molecule has 0 atom stereocenters. The first-order valence-electron chi connectivity index (χ1n) is 28.5. The van der Waals surface area contributed by atoms with E-state index in [1.165, 1.54) is 44.4 Å². The van der Waals surface area contributed by atoms with E-state index in [-0.39, 0.29) is 17.7 Å². The predicted octanol–water partition coefficient (Wildman–Crippen LogP) is 19.0. The van der Waals surface area contributed by atoms with E-state index >= 15 is 0 Å². The molecule has 0 saturated carbocycles. The molecule has 3 aliphatic rings. The van der Waals surface area contributed by atoms with Crippen LogP contribution in [0.3, 0.4) is 0 Å². The number of hydrogen-bond acceptors (Lipinski definition) is 5. The van der Waals surface area contributed by atoms with Crippen molar-refractivity contribution >= 4 is 101 Å². The second-order valence-electron chi connectivity index (χ2n) is 23.7. The minimum atomic E-state index is -0.367. The molecule has 378 valence electrons. The Bertz CT molecular complexity index is 4100. The molecule has 6 heteroatoms. The summed E-state index contributed by atoms with van der Waals surface area (Å²) in [6.45, 7) is 16.1. The van der Waals surface area contributed by atoms with Gasteiger partial charge in [0.2, 0.25) is 0 Å². The number of unbranched alkanes of at least 4 members (excludes halogenated alkanes) is 3. The predicted molar refractivity (Wildman–Crippen MR) is 321 cm³/mol. The summed E-state index contributed by atoms with van der Waals surface area (Å²) in [4.78, 5) is 5.16. The molecule has 5 heterocycles. The Hall–Kier alpha value is -7.44. The maximum absolute atomic E-state index is 7.58. The first-order valence-corrected chi connectivity index (χ1v) is 28.5. The molecule has 14 rings (SSSR count). The molecule has 0 radical (unpaired) electrons. The average Bonchev–Trinajstić information content (AvgIpc) is 4.24. The van der Waals surface area contributed by atoms with Gasteiger partial charge >= 0.3 is 6.85 Å². The summed E-state index contributed by atoms with van der Waals surface area (Å²) in [5.74, 6) is 0. The van der Waals surface area contributed by atoms with E-state index in [0.29, 0.717) is 0 Å². The highest BCUT2D eigenvalue weighted by Crippen LogP contribution is 2.55. The molecule has 0 bridgehead atoms. The minimum absolute atomic E-state index is 0.0421. The quantitative estimate of drug-likeness (QED) is 0.114. The Morgan fingerprint density at radius 1 is 0.474 bits per heavy atom. The zero-order chi connectivity index (χ0) is 51.6. The maximum atomic E-state index is 7.58. The van der Waals surface area contributed by atoms with E-state index in [9.17, 15) is 0 Å². The largest absolute Gasteiger partial charge is 0.466 e. The van der Waals surface area contributed by atoms with Crippen LogP contribution in [0.15, 0.2) is 159 Å². The van der Waals surface area contributed by atoms with Crippen molar-refractivity contribution in [3.63, 3.8) is 0 Å². The topological polar surface area (TPSA) is 45.9 Å². The van der Waals surface area contributed by atoms with Crippen LogP contribution < -0.4 is 20.8 Å². The lowest BCUT2D eigenvalue weighted by Gasteiger charge is -2.44. The monoisotopic (exact) mass is 995 g/mol. The molecule has 0 saturated heterocycles.